The number of carboxylic acids is 2. The third kappa shape index (κ3) is 5.62. The molecule has 0 aliphatic rings. The molecule has 5 aromatic rings. The van der Waals surface area contributed by atoms with Gasteiger partial charge in [0, 0.05) is 36.0 Å². The number of hydrogen-bond donors (Lipinski definition) is 4. The number of aromatic nitrogens is 2. The molecule has 0 aliphatic carbocycles. The first-order valence-corrected chi connectivity index (χ1v) is 12.4. The van der Waals surface area contributed by atoms with Crippen LogP contribution in [0.2, 0.25) is 0 Å². The lowest BCUT2D eigenvalue weighted by Crippen LogP contribution is -2.32. The van der Waals surface area contributed by atoms with Crippen molar-refractivity contribution in [2.75, 3.05) is 0 Å². The number of nitrogens with two attached hydrogens (primary N) is 2. The third-order valence-corrected chi connectivity index (χ3v) is 6.43. The fraction of sp³-hybridized carbons (Fsp3) is 0.143. The quantitative estimate of drug-likeness (QED) is 0.188. The Kier molecular flexibility index (Phi) is 7.44. The predicted octanol–water partition coefficient (Wildman–Crippen LogP) is 4.60. The summed E-state index contributed by atoms with van der Waals surface area (Å²) < 4.78 is 3.19. The van der Waals surface area contributed by atoms with E-state index >= 15 is 0 Å². The zero-order chi connectivity index (χ0) is 28.2. The Labute approximate surface area is 227 Å². The highest BCUT2D eigenvalue weighted by atomic mass is 16.4. The molecule has 2 atom stereocenters. The van der Waals surface area contributed by atoms with Crippen molar-refractivity contribution in [3.05, 3.63) is 96.3 Å². The van der Waals surface area contributed by atoms with Crippen molar-refractivity contribution >= 4 is 45.1 Å². The molecule has 0 saturated heterocycles. The summed E-state index contributed by atoms with van der Waals surface area (Å²) in [6.07, 6.45) is 3.81. The summed E-state index contributed by atoms with van der Waals surface area (Å²) in [6.45, 7) is 0. The smallest absolute Gasteiger partial charge is 0.320 e. The molecule has 40 heavy (non-hydrogen) atoms. The van der Waals surface area contributed by atoms with Gasteiger partial charge in [0.15, 0.2) is 0 Å². The van der Waals surface area contributed by atoms with Crippen LogP contribution in [0.5, 0.6) is 0 Å². The standard InChI is InChI=1S/C28H26N8O4/c29-23(27(37)38)13-17-15-35(25-7-3-1-5-21(17)25)33-31-19-9-11-20(12-10-19)32-34-36-16-18(14-24(30)28(39)40)22-6-2-4-8-26(22)36/h1-12,15-16,23-24H,13-14,29-30H2,(H,37,38)(H,39,40)/t23-,24-/m0/s1. The Bertz CT molecular complexity index is 1620. The van der Waals surface area contributed by atoms with Crippen molar-refractivity contribution in [2.24, 2.45) is 32.1 Å². The van der Waals surface area contributed by atoms with E-state index in [1.165, 1.54) is 0 Å². The molecule has 0 aliphatic heterocycles. The van der Waals surface area contributed by atoms with E-state index in [2.05, 4.69) is 20.7 Å². The first-order valence-electron chi connectivity index (χ1n) is 12.4. The first kappa shape index (κ1) is 26.4. The molecule has 5 rings (SSSR count). The normalized spacial score (nSPS) is 13.4. The number of benzene rings is 3. The summed E-state index contributed by atoms with van der Waals surface area (Å²) in [4.78, 5) is 22.4. The molecule has 0 spiro atoms. The van der Waals surface area contributed by atoms with Crippen LogP contribution in [0.25, 0.3) is 21.8 Å². The van der Waals surface area contributed by atoms with E-state index in [4.69, 9.17) is 11.5 Å². The minimum absolute atomic E-state index is 0.169. The Hall–Kier alpha value is -5.20. The summed E-state index contributed by atoms with van der Waals surface area (Å²) in [7, 11) is 0. The molecule has 0 bridgehead atoms. The molecule has 12 nitrogen and oxygen atoms in total. The minimum atomic E-state index is -1.07. The molecule has 2 aromatic heterocycles. The zero-order valence-electron chi connectivity index (χ0n) is 21.2. The van der Waals surface area contributed by atoms with Crippen molar-refractivity contribution in [3.63, 3.8) is 0 Å². The van der Waals surface area contributed by atoms with Gasteiger partial charge in [0.25, 0.3) is 0 Å². The van der Waals surface area contributed by atoms with E-state index < -0.39 is 24.0 Å². The number of hydrogen-bond acceptors (Lipinski definition) is 8. The van der Waals surface area contributed by atoms with Crippen LogP contribution in [0, 0.1) is 0 Å². The topological polar surface area (TPSA) is 186 Å². The SMILES string of the molecule is N[C@@H](Cc1cn(N=Nc2ccc(N=Nn3cc(C[C@H](N)C(=O)O)c4ccccc43)cc2)c2ccccc12)C(=O)O. The van der Waals surface area contributed by atoms with Crippen LogP contribution < -0.4 is 11.5 Å². The summed E-state index contributed by atoms with van der Waals surface area (Å²) in [5.74, 6) is -2.13. The Morgan fingerprint density at radius 2 is 1.02 bits per heavy atom. The second-order valence-corrected chi connectivity index (χ2v) is 9.23. The Morgan fingerprint density at radius 1 is 0.650 bits per heavy atom. The van der Waals surface area contributed by atoms with Gasteiger partial charge in [-0.15, -0.1) is 10.2 Å². The molecule has 0 fully saturated rings. The van der Waals surface area contributed by atoms with Gasteiger partial charge in [-0.3, -0.25) is 9.59 Å². The maximum absolute atomic E-state index is 11.2. The van der Waals surface area contributed by atoms with Gasteiger partial charge in [0.1, 0.15) is 12.1 Å². The zero-order valence-corrected chi connectivity index (χ0v) is 21.2. The molecule has 6 N–H and O–H groups in total. The lowest BCUT2D eigenvalue weighted by Gasteiger charge is -2.04. The van der Waals surface area contributed by atoms with Gasteiger partial charge in [0.05, 0.1) is 22.4 Å². The predicted molar refractivity (Wildman–Crippen MR) is 149 cm³/mol. The van der Waals surface area contributed by atoms with Gasteiger partial charge >= 0.3 is 11.9 Å². The van der Waals surface area contributed by atoms with Crippen LogP contribution in [-0.2, 0) is 22.4 Å². The number of carboxylic acid groups (broad SMARTS) is 2. The van der Waals surface area contributed by atoms with Crippen LogP contribution in [0.1, 0.15) is 11.1 Å². The lowest BCUT2D eigenvalue weighted by atomic mass is 10.1. The molecule has 0 saturated carbocycles. The largest absolute Gasteiger partial charge is 0.480 e. The molecule has 12 heteroatoms. The maximum Gasteiger partial charge on any atom is 0.320 e. The second kappa shape index (κ2) is 11.3. The van der Waals surface area contributed by atoms with E-state index in [9.17, 15) is 19.8 Å². The summed E-state index contributed by atoms with van der Waals surface area (Å²) in [6, 6.07) is 20.0. The van der Waals surface area contributed by atoms with Crippen molar-refractivity contribution in [3.8, 4) is 0 Å². The van der Waals surface area contributed by atoms with Gasteiger partial charge in [-0.25, -0.2) is 9.35 Å². The summed E-state index contributed by atoms with van der Waals surface area (Å²) in [5.41, 5.74) is 15.7. The van der Waals surface area contributed by atoms with Gasteiger partial charge in [-0.1, -0.05) is 46.8 Å². The van der Waals surface area contributed by atoms with E-state index in [1.807, 2.05) is 48.5 Å². The highest BCUT2D eigenvalue weighted by Gasteiger charge is 2.17. The number of rotatable bonds is 10. The number of para-hydroxylation sites is 2. The monoisotopic (exact) mass is 538 g/mol. The van der Waals surface area contributed by atoms with Gasteiger partial charge < -0.3 is 21.7 Å². The summed E-state index contributed by atoms with van der Waals surface area (Å²) >= 11 is 0. The molecule has 0 radical (unpaired) electrons. The van der Waals surface area contributed by atoms with Crippen LogP contribution in [-0.4, -0.2) is 43.6 Å². The molecular weight excluding hydrogens is 512 g/mol. The average molecular weight is 539 g/mol. The molecule has 0 unspecified atom stereocenters. The van der Waals surface area contributed by atoms with Crippen LogP contribution in [0.15, 0.2) is 106 Å². The lowest BCUT2D eigenvalue weighted by molar-refractivity contribution is -0.139. The van der Waals surface area contributed by atoms with Crippen molar-refractivity contribution in [2.45, 2.75) is 24.9 Å². The maximum atomic E-state index is 11.2. The number of nitrogens with zero attached hydrogens (tertiary/aromatic N) is 6. The molecule has 3 aromatic carbocycles. The minimum Gasteiger partial charge on any atom is -0.480 e. The fourth-order valence-corrected chi connectivity index (χ4v) is 4.37. The molecule has 202 valence electrons. The molecule has 0 amide bonds. The molecule has 2 heterocycles. The number of aliphatic carboxylic acids is 2. The van der Waals surface area contributed by atoms with Crippen molar-refractivity contribution < 1.29 is 19.8 Å². The number of carbonyl (C=O) groups is 2. The third-order valence-electron chi connectivity index (χ3n) is 6.43. The fourth-order valence-electron chi connectivity index (χ4n) is 4.37. The number of fused-ring (bicyclic) bond motifs is 2. The Balaban J connectivity index is 1.34. The van der Waals surface area contributed by atoms with Gasteiger partial charge in [-0.2, -0.15) is 0 Å². The van der Waals surface area contributed by atoms with Crippen molar-refractivity contribution in [1.82, 2.24) is 9.35 Å². The van der Waals surface area contributed by atoms with E-state index in [1.54, 1.807) is 46.0 Å². The van der Waals surface area contributed by atoms with Crippen LogP contribution >= 0.6 is 0 Å². The average Bonchev–Trinajstić information content (AvgIpc) is 3.49. The molecular formula is C28H26N8O4. The van der Waals surface area contributed by atoms with Crippen LogP contribution in [0.3, 0.4) is 0 Å². The van der Waals surface area contributed by atoms with E-state index in [-0.39, 0.29) is 12.8 Å². The second-order valence-electron chi connectivity index (χ2n) is 9.23. The Morgan fingerprint density at radius 3 is 1.40 bits per heavy atom. The van der Waals surface area contributed by atoms with Gasteiger partial charge in [0.2, 0.25) is 0 Å². The first-order chi connectivity index (χ1) is 19.3. The highest BCUT2D eigenvalue weighted by molar-refractivity contribution is 5.86. The van der Waals surface area contributed by atoms with E-state index in [0.29, 0.717) is 11.4 Å². The highest BCUT2D eigenvalue weighted by Crippen LogP contribution is 2.26. The van der Waals surface area contributed by atoms with Crippen LogP contribution in [0.4, 0.5) is 11.4 Å². The van der Waals surface area contributed by atoms with Crippen molar-refractivity contribution in [1.29, 1.82) is 0 Å². The van der Waals surface area contributed by atoms with E-state index in [0.717, 1.165) is 32.9 Å². The summed E-state index contributed by atoms with van der Waals surface area (Å²) in [5, 5.41) is 37.3. The van der Waals surface area contributed by atoms with Gasteiger partial charge in [-0.05, 0) is 47.5 Å².